The van der Waals surface area contributed by atoms with E-state index in [0.29, 0.717) is 39.0 Å². The fourth-order valence-electron chi connectivity index (χ4n) is 8.96. The normalized spacial score (nSPS) is 25.9. The van der Waals surface area contributed by atoms with Gasteiger partial charge in [-0.2, -0.15) is 18.2 Å². The molecule has 1 saturated carbocycles. The molecule has 11 nitrogen and oxygen atoms in total. The molecule has 1 aromatic heterocycles. The molecule has 4 aliphatic rings. The maximum Gasteiger partial charge on any atom is 0.488 e. The van der Waals surface area contributed by atoms with Crippen molar-refractivity contribution in [2.45, 2.75) is 30.4 Å². The van der Waals surface area contributed by atoms with E-state index in [4.69, 9.17) is 34.8 Å². The van der Waals surface area contributed by atoms with Crippen molar-refractivity contribution >= 4 is 82.5 Å². The van der Waals surface area contributed by atoms with E-state index in [2.05, 4.69) is 10.4 Å². The fraction of sp³-hybridized carbons (Fsp3) is 0.237. The minimum Gasteiger partial charge on any atom is -0.508 e. The number of fused-ring (bicyclic) bond motifs is 4. The van der Waals surface area contributed by atoms with Crippen LogP contribution in [0.2, 0.25) is 15.1 Å². The lowest BCUT2D eigenvalue weighted by molar-refractivity contribution is -0.139. The molecule has 2 aliphatic heterocycles. The number of imide groups is 2. The van der Waals surface area contributed by atoms with Gasteiger partial charge in [-0.25, -0.2) is 4.98 Å². The molecule has 0 spiro atoms. The van der Waals surface area contributed by atoms with Crippen molar-refractivity contribution in [1.82, 2.24) is 9.99 Å². The number of amides is 4. The number of allylic oxidation sites excluding steroid dienone is 2. The second kappa shape index (κ2) is 13.6. The van der Waals surface area contributed by atoms with Gasteiger partial charge in [0.15, 0.2) is 5.82 Å². The van der Waals surface area contributed by atoms with E-state index in [0.717, 1.165) is 4.90 Å². The SMILES string of the molecule is O=C1[C@@H]2C[C@@H]3C(=CC[C@@H]4C(=O)N(c5cccc(B(O)O)c5)C(=O)[C@@H]43)[C@H](c3ccc(O)cc3Cl)[C@]2(c2ccc(Cl)cc2)C(=O)N1Nc1ncc(C(F)(F)F)cc1Cl. The Bertz CT molecular complexity index is 2380. The predicted octanol–water partition coefficient (Wildman–Crippen LogP) is 5.64. The van der Waals surface area contributed by atoms with Gasteiger partial charge in [-0.1, -0.05) is 76.8 Å². The third-order valence-electron chi connectivity index (χ3n) is 11.3. The highest BCUT2D eigenvalue weighted by Crippen LogP contribution is 2.65. The summed E-state index contributed by atoms with van der Waals surface area (Å²) in [5, 5.41) is 30.5. The van der Waals surface area contributed by atoms with E-state index >= 15 is 4.79 Å². The Hall–Kier alpha value is -4.93. The van der Waals surface area contributed by atoms with Crippen molar-refractivity contribution in [3.8, 4) is 5.75 Å². The standard InChI is InChI=1S/C38H27BCl3F3N4O7/c40-20-6-4-17(5-7-20)37-27(34(52)49(36(37)54)47-32-29(42)12-18(16-46-32)38(43,44)45)15-26-23(31(37)24-9-8-22(50)14-28(24)41)10-11-25-30(26)35(53)48(33(25)51)21-3-1-2-19(13-21)39(55)56/h1-10,12-14,16,25-27,30-31,50,55-56H,11,15H2,(H,46,47)/t25-,26+,27-,30-,31+,37+/m0/s1. The summed E-state index contributed by atoms with van der Waals surface area (Å²) in [6.45, 7) is 0. The number of hydrogen-bond donors (Lipinski definition) is 4. The van der Waals surface area contributed by atoms with Gasteiger partial charge in [-0.05, 0) is 77.8 Å². The monoisotopic (exact) mass is 824 g/mol. The van der Waals surface area contributed by atoms with Gasteiger partial charge in [0.05, 0.1) is 39.4 Å². The average molecular weight is 826 g/mol. The van der Waals surface area contributed by atoms with Crippen molar-refractivity contribution in [3.05, 3.63) is 122 Å². The summed E-state index contributed by atoms with van der Waals surface area (Å²) >= 11 is 19.4. The molecule has 3 aromatic carbocycles. The number of nitrogens with zero attached hydrogens (tertiary/aromatic N) is 3. The Morgan fingerprint density at radius 2 is 1.61 bits per heavy atom. The summed E-state index contributed by atoms with van der Waals surface area (Å²) in [5.41, 5.74) is 0.912. The van der Waals surface area contributed by atoms with Crippen LogP contribution in [0.1, 0.15) is 35.4 Å². The molecule has 0 unspecified atom stereocenters. The lowest BCUT2D eigenvalue weighted by atomic mass is 9.49. The topological polar surface area (TPSA) is 160 Å². The van der Waals surface area contributed by atoms with Crippen LogP contribution in [0.5, 0.6) is 5.75 Å². The summed E-state index contributed by atoms with van der Waals surface area (Å²) in [4.78, 5) is 63.4. The molecule has 4 aromatic rings. The zero-order chi connectivity index (χ0) is 40.0. The van der Waals surface area contributed by atoms with Crippen LogP contribution in [0.25, 0.3) is 0 Å². The van der Waals surface area contributed by atoms with E-state index < -0.39 is 88.3 Å². The van der Waals surface area contributed by atoms with Gasteiger partial charge in [0.1, 0.15) is 5.75 Å². The largest absolute Gasteiger partial charge is 0.508 e. The molecule has 0 radical (unpaired) electrons. The molecule has 3 fully saturated rings. The Labute approximate surface area is 331 Å². The second-order valence-electron chi connectivity index (χ2n) is 14.1. The Morgan fingerprint density at radius 1 is 0.875 bits per heavy atom. The Morgan fingerprint density at radius 3 is 2.27 bits per heavy atom. The number of pyridine rings is 1. The number of benzene rings is 3. The van der Waals surface area contributed by atoms with E-state index in [1.807, 2.05) is 0 Å². The number of phenols is 1. The highest BCUT2D eigenvalue weighted by molar-refractivity contribution is 6.58. The summed E-state index contributed by atoms with van der Waals surface area (Å²) in [7, 11) is -1.87. The van der Waals surface area contributed by atoms with Crippen LogP contribution in [0, 0.1) is 23.7 Å². The van der Waals surface area contributed by atoms with Crippen molar-refractivity contribution < 1.29 is 47.5 Å². The third-order valence-corrected chi connectivity index (χ3v) is 12.1. The van der Waals surface area contributed by atoms with Gasteiger partial charge in [-0.3, -0.25) is 29.5 Å². The average Bonchev–Trinajstić information content (AvgIpc) is 3.53. The van der Waals surface area contributed by atoms with Crippen LogP contribution in [0.15, 0.2) is 90.6 Å². The molecule has 2 aliphatic carbocycles. The Balaban J connectivity index is 1.30. The number of aromatic nitrogens is 1. The number of anilines is 2. The van der Waals surface area contributed by atoms with E-state index in [-0.39, 0.29) is 34.8 Å². The molecule has 286 valence electrons. The van der Waals surface area contributed by atoms with Crippen LogP contribution < -0.4 is 15.8 Å². The van der Waals surface area contributed by atoms with Crippen molar-refractivity contribution in [2.24, 2.45) is 23.7 Å². The van der Waals surface area contributed by atoms with Gasteiger partial charge < -0.3 is 15.2 Å². The molecule has 4 N–H and O–H groups in total. The van der Waals surface area contributed by atoms with Crippen LogP contribution in [-0.4, -0.2) is 55.9 Å². The predicted molar refractivity (Wildman–Crippen MR) is 199 cm³/mol. The number of rotatable bonds is 6. The molecular weight excluding hydrogens is 799 g/mol. The number of halogens is 6. The van der Waals surface area contributed by atoms with E-state index in [1.165, 1.54) is 54.6 Å². The lowest BCUT2D eigenvalue weighted by Gasteiger charge is -2.50. The zero-order valence-corrected chi connectivity index (χ0v) is 30.8. The first-order valence-electron chi connectivity index (χ1n) is 17.2. The fourth-order valence-corrected chi connectivity index (χ4v) is 9.57. The maximum atomic E-state index is 15.3. The summed E-state index contributed by atoms with van der Waals surface area (Å²) in [5.74, 6) is -8.50. The minimum absolute atomic E-state index is 0.0275. The quantitative estimate of drug-likeness (QED) is 0.110. The first-order valence-corrected chi connectivity index (χ1v) is 18.3. The summed E-state index contributed by atoms with van der Waals surface area (Å²) in [6, 6.07) is 16.7. The molecule has 0 bridgehead atoms. The van der Waals surface area contributed by atoms with E-state index in [9.17, 15) is 42.7 Å². The number of hydrazine groups is 1. The number of phenolic OH excluding ortho intramolecular Hbond substituents is 1. The van der Waals surface area contributed by atoms with E-state index in [1.54, 1.807) is 18.2 Å². The zero-order valence-electron chi connectivity index (χ0n) is 28.5. The van der Waals surface area contributed by atoms with Crippen LogP contribution in [0.3, 0.4) is 0 Å². The first kappa shape index (κ1) is 38.0. The maximum absolute atomic E-state index is 15.3. The number of carbonyl (C=O) groups excluding carboxylic acids is 4. The molecule has 6 atom stereocenters. The Kier molecular flexibility index (Phi) is 9.24. The lowest BCUT2D eigenvalue weighted by Crippen LogP contribution is -2.53. The molecule has 4 amide bonds. The highest BCUT2D eigenvalue weighted by Gasteiger charge is 2.70. The first-order chi connectivity index (χ1) is 26.5. The van der Waals surface area contributed by atoms with Crippen LogP contribution >= 0.6 is 34.8 Å². The van der Waals surface area contributed by atoms with Gasteiger partial charge in [0.2, 0.25) is 11.8 Å². The van der Waals surface area contributed by atoms with Crippen LogP contribution in [-0.2, 0) is 30.8 Å². The van der Waals surface area contributed by atoms with Gasteiger partial charge in [0.25, 0.3) is 11.8 Å². The molecule has 56 heavy (non-hydrogen) atoms. The van der Waals surface area contributed by atoms with Gasteiger partial charge in [0, 0.05) is 22.2 Å². The van der Waals surface area contributed by atoms with Crippen LogP contribution in [0.4, 0.5) is 24.7 Å². The number of aromatic hydroxyl groups is 1. The molecule has 3 heterocycles. The smallest absolute Gasteiger partial charge is 0.488 e. The molecule has 8 rings (SSSR count). The number of alkyl halides is 3. The van der Waals surface area contributed by atoms with Crippen molar-refractivity contribution in [3.63, 3.8) is 0 Å². The van der Waals surface area contributed by atoms with Gasteiger partial charge >= 0.3 is 13.3 Å². The highest BCUT2D eigenvalue weighted by atomic mass is 35.5. The summed E-state index contributed by atoms with van der Waals surface area (Å²) in [6.07, 6.45) is -2.58. The second-order valence-corrected chi connectivity index (χ2v) is 15.4. The molecule has 18 heteroatoms. The number of carbonyl (C=O) groups is 4. The third kappa shape index (κ3) is 5.78. The van der Waals surface area contributed by atoms with Crippen molar-refractivity contribution in [2.75, 3.05) is 10.3 Å². The summed E-state index contributed by atoms with van der Waals surface area (Å²) < 4.78 is 40.4. The molecule has 2 saturated heterocycles. The van der Waals surface area contributed by atoms with Crippen molar-refractivity contribution in [1.29, 1.82) is 0 Å². The van der Waals surface area contributed by atoms with Gasteiger partial charge in [-0.15, -0.1) is 0 Å². The number of nitrogens with one attached hydrogen (secondary N) is 1. The number of hydrogen-bond acceptors (Lipinski definition) is 9. The minimum atomic E-state index is -4.78. The molecular formula is C38H27BCl3F3N4O7.